The topological polar surface area (TPSA) is 12.0 Å². The average molecular weight is 346 g/mol. The lowest BCUT2D eigenvalue weighted by Gasteiger charge is -2.17. The molecule has 0 aliphatic rings. The molecule has 1 atom stereocenters. The van der Waals surface area contributed by atoms with E-state index in [1.165, 1.54) is 23.5 Å². The summed E-state index contributed by atoms with van der Waals surface area (Å²) in [4.78, 5) is 0.968. The smallest absolute Gasteiger partial charge is 0.128 e. The second-order valence-electron chi connectivity index (χ2n) is 4.26. The van der Waals surface area contributed by atoms with Gasteiger partial charge in [-0.05, 0) is 59.2 Å². The zero-order valence-electron chi connectivity index (χ0n) is 10.6. The first kappa shape index (κ1) is 14.6. The molecule has 2 rings (SSSR count). The highest BCUT2D eigenvalue weighted by atomic mass is 79.9. The lowest BCUT2D eigenvalue weighted by molar-refractivity contribution is 0.548. The number of thiophene rings is 1. The Morgan fingerprint density at radius 1 is 1.32 bits per heavy atom. The molecule has 0 bridgehead atoms. The van der Waals surface area contributed by atoms with Gasteiger partial charge in [-0.3, -0.25) is 0 Å². The van der Waals surface area contributed by atoms with Gasteiger partial charge in [0.05, 0.1) is 9.83 Å². The summed E-state index contributed by atoms with van der Waals surface area (Å²) in [5, 5.41) is 3.21. The Labute approximate surface area is 123 Å². The van der Waals surface area contributed by atoms with Crippen molar-refractivity contribution >= 4 is 27.3 Å². The van der Waals surface area contributed by atoms with E-state index in [0.717, 1.165) is 20.3 Å². The summed E-state index contributed by atoms with van der Waals surface area (Å²) < 4.78 is 28.3. The number of rotatable bonds is 4. The summed E-state index contributed by atoms with van der Waals surface area (Å²) in [6, 6.07) is 5.23. The van der Waals surface area contributed by atoms with Crippen LogP contribution in [0.1, 0.15) is 29.0 Å². The Morgan fingerprint density at radius 2 is 2.05 bits per heavy atom. The number of hydrogen-bond donors (Lipinski definition) is 1. The first-order valence-corrected chi connectivity index (χ1v) is 7.58. The zero-order valence-corrected chi connectivity index (χ0v) is 13.0. The molecule has 0 amide bonds. The van der Waals surface area contributed by atoms with Crippen LogP contribution in [-0.2, 0) is 0 Å². The van der Waals surface area contributed by atoms with Gasteiger partial charge in [-0.25, -0.2) is 8.78 Å². The minimum Gasteiger partial charge on any atom is -0.306 e. The van der Waals surface area contributed by atoms with Crippen molar-refractivity contribution in [3.8, 4) is 0 Å². The Balaban J connectivity index is 2.47. The largest absolute Gasteiger partial charge is 0.306 e. The van der Waals surface area contributed by atoms with Gasteiger partial charge in [0, 0.05) is 10.4 Å². The van der Waals surface area contributed by atoms with E-state index in [0.29, 0.717) is 12.1 Å². The predicted molar refractivity (Wildman–Crippen MR) is 78.6 cm³/mol. The van der Waals surface area contributed by atoms with E-state index in [-0.39, 0.29) is 6.04 Å². The standard InChI is InChI=1S/C14H14BrF2NS/c1-3-18-13(12-6-8(2)14(15)19-12)10-7-9(16)4-5-11(10)17/h4-7,13,18H,3H2,1-2H3. The molecule has 1 nitrogen and oxygen atoms in total. The van der Waals surface area contributed by atoms with Crippen LogP contribution in [0.5, 0.6) is 0 Å². The fourth-order valence-electron chi connectivity index (χ4n) is 1.93. The number of nitrogens with one attached hydrogen (secondary N) is 1. The van der Waals surface area contributed by atoms with E-state index in [1.54, 1.807) is 0 Å². The molecule has 0 fully saturated rings. The Morgan fingerprint density at radius 3 is 2.63 bits per heavy atom. The van der Waals surface area contributed by atoms with Crippen LogP contribution in [0.2, 0.25) is 0 Å². The van der Waals surface area contributed by atoms with Gasteiger partial charge in [-0.15, -0.1) is 11.3 Å². The van der Waals surface area contributed by atoms with Crippen LogP contribution in [-0.4, -0.2) is 6.54 Å². The van der Waals surface area contributed by atoms with Crippen molar-refractivity contribution in [2.75, 3.05) is 6.54 Å². The van der Waals surface area contributed by atoms with E-state index in [2.05, 4.69) is 21.2 Å². The van der Waals surface area contributed by atoms with Crippen molar-refractivity contribution < 1.29 is 8.78 Å². The molecule has 102 valence electrons. The summed E-state index contributed by atoms with van der Waals surface area (Å²) >= 11 is 5.00. The van der Waals surface area contributed by atoms with Gasteiger partial charge >= 0.3 is 0 Å². The van der Waals surface area contributed by atoms with E-state index >= 15 is 0 Å². The molecule has 1 unspecified atom stereocenters. The summed E-state index contributed by atoms with van der Waals surface area (Å²) in [5.41, 5.74) is 1.44. The third kappa shape index (κ3) is 3.22. The maximum atomic E-state index is 13.9. The zero-order chi connectivity index (χ0) is 14.0. The summed E-state index contributed by atoms with van der Waals surface area (Å²) in [6.07, 6.45) is 0. The van der Waals surface area contributed by atoms with Crippen LogP contribution in [0.25, 0.3) is 0 Å². The molecule has 1 heterocycles. The van der Waals surface area contributed by atoms with E-state index in [1.807, 2.05) is 19.9 Å². The molecule has 0 radical (unpaired) electrons. The average Bonchev–Trinajstić information content (AvgIpc) is 2.70. The molecule has 0 saturated carbocycles. The van der Waals surface area contributed by atoms with E-state index < -0.39 is 11.6 Å². The highest BCUT2D eigenvalue weighted by Gasteiger charge is 2.20. The molecule has 0 spiro atoms. The maximum absolute atomic E-state index is 13.9. The van der Waals surface area contributed by atoms with E-state index in [9.17, 15) is 8.78 Å². The second-order valence-corrected chi connectivity index (χ2v) is 6.66. The fraction of sp³-hybridized carbons (Fsp3) is 0.286. The molecular weight excluding hydrogens is 332 g/mol. The second kappa shape index (κ2) is 6.11. The van der Waals surface area contributed by atoms with Gasteiger partial charge < -0.3 is 5.32 Å². The molecule has 2 aromatic rings. The molecular formula is C14H14BrF2NS. The predicted octanol–water partition coefficient (Wildman–Crippen LogP) is 4.80. The summed E-state index contributed by atoms with van der Waals surface area (Å²) in [5.74, 6) is -0.818. The van der Waals surface area contributed by atoms with Gasteiger partial charge in [-0.2, -0.15) is 0 Å². The third-order valence-electron chi connectivity index (χ3n) is 2.84. The first-order chi connectivity index (χ1) is 9.02. The Hall–Kier alpha value is -0.780. The van der Waals surface area contributed by atoms with Crippen LogP contribution in [0.3, 0.4) is 0 Å². The molecule has 0 aliphatic carbocycles. The number of halogens is 3. The van der Waals surface area contributed by atoms with Crippen LogP contribution in [0.15, 0.2) is 28.1 Å². The quantitative estimate of drug-likeness (QED) is 0.839. The van der Waals surface area contributed by atoms with Gasteiger partial charge in [0.15, 0.2) is 0 Å². The first-order valence-electron chi connectivity index (χ1n) is 5.97. The van der Waals surface area contributed by atoms with Crippen molar-refractivity contribution in [3.63, 3.8) is 0 Å². The molecule has 0 saturated heterocycles. The van der Waals surface area contributed by atoms with Crippen molar-refractivity contribution in [1.29, 1.82) is 0 Å². The molecule has 1 aromatic carbocycles. The highest BCUT2D eigenvalue weighted by Crippen LogP contribution is 2.35. The van der Waals surface area contributed by atoms with Gasteiger partial charge in [0.2, 0.25) is 0 Å². The highest BCUT2D eigenvalue weighted by molar-refractivity contribution is 9.11. The van der Waals surface area contributed by atoms with Gasteiger partial charge in [0.1, 0.15) is 11.6 Å². The summed E-state index contributed by atoms with van der Waals surface area (Å²) in [6.45, 7) is 4.60. The lowest BCUT2D eigenvalue weighted by Crippen LogP contribution is -2.22. The minimum atomic E-state index is -0.424. The van der Waals surface area contributed by atoms with Crippen molar-refractivity contribution in [2.45, 2.75) is 19.9 Å². The number of aryl methyl sites for hydroxylation is 1. The minimum absolute atomic E-state index is 0.323. The Bertz CT molecular complexity index is 563. The molecule has 5 heteroatoms. The van der Waals surface area contributed by atoms with Crippen molar-refractivity contribution in [2.24, 2.45) is 0 Å². The normalized spacial score (nSPS) is 12.7. The van der Waals surface area contributed by atoms with Crippen LogP contribution in [0, 0.1) is 18.6 Å². The molecule has 19 heavy (non-hydrogen) atoms. The molecule has 1 aromatic heterocycles. The lowest BCUT2D eigenvalue weighted by atomic mass is 10.0. The summed E-state index contributed by atoms with van der Waals surface area (Å²) in [7, 11) is 0. The molecule has 0 aliphatic heterocycles. The SMILES string of the molecule is CCNC(c1cc(C)c(Br)s1)c1cc(F)ccc1F. The number of hydrogen-bond acceptors (Lipinski definition) is 2. The van der Waals surface area contributed by atoms with Gasteiger partial charge in [-0.1, -0.05) is 6.92 Å². The van der Waals surface area contributed by atoms with Crippen LogP contribution in [0.4, 0.5) is 8.78 Å². The van der Waals surface area contributed by atoms with Crippen molar-refractivity contribution in [3.05, 3.63) is 55.7 Å². The maximum Gasteiger partial charge on any atom is 0.128 e. The fourth-order valence-corrected chi connectivity index (χ4v) is 3.60. The third-order valence-corrected chi connectivity index (χ3v) is 5.04. The number of benzene rings is 1. The Kier molecular flexibility index (Phi) is 4.71. The van der Waals surface area contributed by atoms with Crippen LogP contribution >= 0.6 is 27.3 Å². The van der Waals surface area contributed by atoms with E-state index in [4.69, 9.17) is 0 Å². The van der Waals surface area contributed by atoms with Gasteiger partial charge in [0.25, 0.3) is 0 Å². The molecule has 1 N–H and O–H groups in total. The van der Waals surface area contributed by atoms with Crippen LogP contribution < -0.4 is 5.32 Å². The monoisotopic (exact) mass is 345 g/mol. The van der Waals surface area contributed by atoms with Crippen molar-refractivity contribution in [1.82, 2.24) is 5.32 Å².